The number of aromatic nitrogens is 1. The Balaban J connectivity index is 1.64. The summed E-state index contributed by atoms with van der Waals surface area (Å²) in [5.41, 5.74) is 3.70. The number of amidine groups is 2. The van der Waals surface area contributed by atoms with Crippen LogP contribution in [0.2, 0.25) is 0 Å². The summed E-state index contributed by atoms with van der Waals surface area (Å²) in [6.45, 7) is 6.03. The zero-order valence-corrected chi connectivity index (χ0v) is 18.6. The maximum atomic E-state index is 13.3. The van der Waals surface area contributed by atoms with Gasteiger partial charge in [-0.3, -0.25) is 10.2 Å². The van der Waals surface area contributed by atoms with Crippen molar-refractivity contribution in [3.8, 4) is 5.69 Å². The fourth-order valence-electron chi connectivity index (χ4n) is 3.74. The van der Waals surface area contributed by atoms with Crippen LogP contribution in [-0.2, 0) is 4.79 Å². The molecule has 0 saturated carbocycles. The lowest BCUT2D eigenvalue weighted by Crippen LogP contribution is -2.35. The van der Waals surface area contributed by atoms with Gasteiger partial charge >= 0.3 is 0 Å². The summed E-state index contributed by atoms with van der Waals surface area (Å²) >= 11 is 1.37. The van der Waals surface area contributed by atoms with E-state index in [1.165, 1.54) is 28.9 Å². The van der Waals surface area contributed by atoms with E-state index in [1.807, 2.05) is 24.5 Å². The van der Waals surface area contributed by atoms with Crippen molar-refractivity contribution in [2.24, 2.45) is 10.1 Å². The number of amides is 1. The Kier molecular flexibility index (Phi) is 5.91. The highest BCUT2D eigenvalue weighted by Crippen LogP contribution is 2.31. The number of benzene rings is 1. The molecule has 3 heterocycles. The third kappa shape index (κ3) is 4.12. The molecule has 2 aliphatic rings. The molecule has 1 aromatic carbocycles. The molecule has 4 rings (SSSR count). The third-order valence-electron chi connectivity index (χ3n) is 5.35. The number of thioether (sulfide) groups is 1. The standard InChI is InChI=1S/C23H24FN5OS/c1-4-5-6-7-20-27-29-21(25)19(22(30)26-23(29)31-20)13-16-12-14(2)28(15(16)3)18-10-8-17(24)9-11-18/h8-13,25H,4-7H2,1-3H3/b19-13-,25-21?. The second-order valence-electron chi connectivity index (χ2n) is 7.61. The van der Waals surface area contributed by atoms with Crippen molar-refractivity contribution in [2.45, 2.75) is 46.5 Å². The van der Waals surface area contributed by atoms with Crippen molar-refractivity contribution in [1.29, 1.82) is 5.41 Å². The van der Waals surface area contributed by atoms with Crippen molar-refractivity contribution >= 4 is 39.8 Å². The van der Waals surface area contributed by atoms with Gasteiger partial charge in [-0.15, -0.1) is 0 Å². The lowest BCUT2D eigenvalue weighted by molar-refractivity contribution is -0.114. The number of aryl methyl sites for hydroxylation is 1. The summed E-state index contributed by atoms with van der Waals surface area (Å²) in [5, 5.41) is 15.9. The molecule has 160 valence electrons. The molecule has 0 aliphatic carbocycles. The van der Waals surface area contributed by atoms with Gasteiger partial charge in [-0.1, -0.05) is 19.8 Å². The maximum Gasteiger partial charge on any atom is 0.283 e. The largest absolute Gasteiger partial charge is 0.318 e. The Morgan fingerprint density at radius 1 is 1.19 bits per heavy atom. The Labute approximate surface area is 185 Å². The van der Waals surface area contributed by atoms with Crippen LogP contribution in [0.5, 0.6) is 0 Å². The number of hydrazone groups is 1. The molecule has 0 fully saturated rings. The first-order chi connectivity index (χ1) is 14.9. The second-order valence-corrected chi connectivity index (χ2v) is 8.65. The smallest absolute Gasteiger partial charge is 0.283 e. The molecule has 0 bridgehead atoms. The number of halogens is 1. The molecule has 31 heavy (non-hydrogen) atoms. The maximum absolute atomic E-state index is 13.3. The molecule has 2 aliphatic heterocycles. The van der Waals surface area contributed by atoms with E-state index in [4.69, 9.17) is 5.41 Å². The minimum atomic E-state index is -0.430. The quantitative estimate of drug-likeness (QED) is 0.483. The SMILES string of the molecule is CCCCCC1=NN2C(=N)/C(=C/c3cc(C)n(-c4ccc(F)cc4)c3C)C(=O)N=C2S1. The normalized spacial score (nSPS) is 17.3. The van der Waals surface area contributed by atoms with Crippen LogP contribution in [0.3, 0.4) is 0 Å². The number of nitrogens with zero attached hydrogens (tertiary/aromatic N) is 4. The fraction of sp³-hybridized carbons (Fsp3) is 0.304. The topological polar surface area (TPSA) is 73.8 Å². The van der Waals surface area contributed by atoms with Gasteiger partial charge < -0.3 is 4.57 Å². The molecule has 6 nitrogen and oxygen atoms in total. The fourth-order valence-corrected chi connectivity index (χ4v) is 4.66. The number of nitrogens with one attached hydrogen (secondary N) is 1. The van der Waals surface area contributed by atoms with E-state index < -0.39 is 5.91 Å². The molecule has 8 heteroatoms. The molecule has 0 saturated heterocycles. The van der Waals surface area contributed by atoms with E-state index >= 15 is 0 Å². The molecule has 1 aromatic heterocycles. The van der Waals surface area contributed by atoms with Gasteiger partial charge in [0.2, 0.25) is 5.17 Å². The van der Waals surface area contributed by atoms with Crippen LogP contribution >= 0.6 is 11.8 Å². The number of carbonyl (C=O) groups excluding carboxylic acids is 1. The van der Waals surface area contributed by atoms with Gasteiger partial charge in [0.15, 0.2) is 5.84 Å². The minimum absolute atomic E-state index is 0.0413. The predicted octanol–water partition coefficient (Wildman–Crippen LogP) is 5.43. The monoisotopic (exact) mass is 437 g/mol. The van der Waals surface area contributed by atoms with E-state index in [0.717, 1.165) is 53.4 Å². The van der Waals surface area contributed by atoms with Crippen LogP contribution in [0.1, 0.15) is 49.6 Å². The van der Waals surface area contributed by atoms with E-state index in [2.05, 4.69) is 17.0 Å². The van der Waals surface area contributed by atoms with Gasteiger partial charge in [0.05, 0.1) is 5.57 Å². The number of fused-ring (bicyclic) bond motifs is 1. The van der Waals surface area contributed by atoms with Crippen LogP contribution in [0.25, 0.3) is 11.8 Å². The number of unbranched alkanes of at least 4 members (excludes halogenated alkanes) is 2. The second kappa shape index (κ2) is 8.63. The average Bonchev–Trinajstić information content (AvgIpc) is 3.26. The highest BCUT2D eigenvalue weighted by molar-refractivity contribution is 8.26. The third-order valence-corrected chi connectivity index (χ3v) is 6.31. The molecule has 2 aromatic rings. The summed E-state index contributed by atoms with van der Waals surface area (Å²) in [4.78, 5) is 16.9. The number of aliphatic imine (C=N–C) groups is 1. The zero-order valence-electron chi connectivity index (χ0n) is 17.8. The zero-order chi connectivity index (χ0) is 22.1. The number of hydrogen-bond acceptors (Lipinski definition) is 4. The summed E-state index contributed by atoms with van der Waals surface area (Å²) < 4.78 is 15.3. The van der Waals surface area contributed by atoms with Crippen LogP contribution in [0, 0.1) is 25.1 Å². The van der Waals surface area contributed by atoms with E-state index in [9.17, 15) is 9.18 Å². The number of hydrogen-bond donors (Lipinski definition) is 1. The molecule has 0 radical (unpaired) electrons. The van der Waals surface area contributed by atoms with Crippen LogP contribution < -0.4 is 0 Å². The van der Waals surface area contributed by atoms with E-state index in [-0.39, 0.29) is 17.2 Å². The number of rotatable bonds is 6. The van der Waals surface area contributed by atoms with E-state index in [1.54, 1.807) is 18.2 Å². The van der Waals surface area contributed by atoms with Crippen molar-refractivity contribution in [3.63, 3.8) is 0 Å². The van der Waals surface area contributed by atoms with Crippen LogP contribution in [-0.4, -0.2) is 31.5 Å². The Morgan fingerprint density at radius 3 is 2.65 bits per heavy atom. The highest BCUT2D eigenvalue weighted by Gasteiger charge is 2.35. The van der Waals surface area contributed by atoms with Crippen molar-refractivity contribution in [3.05, 3.63) is 58.7 Å². The Bertz CT molecular complexity index is 1140. The summed E-state index contributed by atoms with van der Waals surface area (Å²) in [6.07, 6.45) is 5.80. The lowest BCUT2D eigenvalue weighted by atomic mass is 10.1. The predicted molar refractivity (Wildman–Crippen MR) is 124 cm³/mol. The van der Waals surface area contributed by atoms with Crippen molar-refractivity contribution in [1.82, 2.24) is 9.58 Å². The first-order valence-corrected chi connectivity index (χ1v) is 11.1. The van der Waals surface area contributed by atoms with Gasteiger partial charge in [0.1, 0.15) is 10.9 Å². The molecule has 1 amide bonds. The van der Waals surface area contributed by atoms with Crippen LogP contribution in [0.15, 0.2) is 46.0 Å². The first-order valence-electron chi connectivity index (χ1n) is 10.3. The van der Waals surface area contributed by atoms with Crippen molar-refractivity contribution in [2.75, 3.05) is 0 Å². The Hall–Kier alpha value is -3.00. The lowest BCUT2D eigenvalue weighted by Gasteiger charge is -2.20. The van der Waals surface area contributed by atoms with Crippen molar-refractivity contribution < 1.29 is 9.18 Å². The molecule has 1 N–H and O–H groups in total. The molecular formula is C23H24FN5OS. The van der Waals surface area contributed by atoms with Gasteiger partial charge in [0.25, 0.3) is 5.91 Å². The summed E-state index contributed by atoms with van der Waals surface area (Å²) in [5.74, 6) is -0.679. The number of carbonyl (C=O) groups is 1. The first kappa shape index (κ1) is 21.2. The van der Waals surface area contributed by atoms with Gasteiger partial charge in [-0.25, -0.2) is 4.39 Å². The van der Waals surface area contributed by atoms with E-state index in [0.29, 0.717) is 5.17 Å². The molecule has 0 atom stereocenters. The molecule has 0 spiro atoms. The molecule has 0 unspecified atom stereocenters. The minimum Gasteiger partial charge on any atom is -0.318 e. The van der Waals surface area contributed by atoms with Crippen LogP contribution in [0.4, 0.5) is 4.39 Å². The van der Waals surface area contributed by atoms with Gasteiger partial charge in [0, 0.05) is 17.1 Å². The van der Waals surface area contributed by atoms with Gasteiger partial charge in [-0.2, -0.15) is 15.1 Å². The molecular weight excluding hydrogens is 413 g/mol. The Morgan fingerprint density at radius 2 is 1.94 bits per heavy atom. The highest BCUT2D eigenvalue weighted by atomic mass is 32.2. The average molecular weight is 438 g/mol. The summed E-state index contributed by atoms with van der Waals surface area (Å²) in [7, 11) is 0. The van der Waals surface area contributed by atoms with Gasteiger partial charge in [-0.05, 0) is 80.4 Å². The summed E-state index contributed by atoms with van der Waals surface area (Å²) in [6, 6.07) is 8.22.